The van der Waals surface area contributed by atoms with Gasteiger partial charge in [0.15, 0.2) is 0 Å². The fourth-order valence-electron chi connectivity index (χ4n) is 4.98. The molecular formula is C34H39N3S. The molecule has 0 radical (unpaired) electrons. The molecule has 0 aliphatic heterocycles. The van der Waals surface area contributed by atoms with Gasteiger partial charge >= 0.3 is 0 Å². The normalized spacial score (nSPS) is 11.4. The number of aromatic nitrogens is 3. The van der Waals surface area contributed by atoms with E-state index in [9.17, 15) is 0 Å². The highest BCUT2D eigenvalue weighted by Crippen LogP contribution is 2.30. The van der Waals surface area contributed by atoms with Gasteiger partial charge in [0.2, 0.25) is 4.96 Å². The predicted molar refractivity (Wildman–Crippen MR) is 163 cm³/mol. The maximum Gasteiger partial charge on any atom is 0.213 e. The Morgan fingerprint density at radius 2 is 1.08 bits per heavy atom. The van der Waals surface area contributed by atoms with E-state index in [2.05, 4.69) is 86.6 Å². The summed E-state index contributed by atoms with van der Waals surface area (Å²) in [5, 5.41) is 5.84. The van der Waals surface area contributed by atoms with E-state index in [1.165, 1.54) is 80.0 Å². The Labute approximate surface area is 231 Å². The Bertz CT molecular complexity index is 1380. The highest BCUT2D eigenvalue weighted by atomic mass is 32.1. The van der Waals surface area contributed by atoms with Crippen LogP contribution in [-0.2, 0) is 12.8 Å². The molecule has 0 aliphatic rings. The molecule has 0 fully saturated rings. The maximum atomic E-state index is 4.88. The molecule has 2 aromatic heterocycles. The Kier molecular flexibility index (Phi) is 9.03. The van der Waals surface area contributed by atoms with Crippen LogP contribution in [0.15, 0.2) is 79.0 Å². The summed E-state index contributed by atoms with van der Waals surface area (Å²) in [6, 6.07) is 26.7. The molecule has 0 spiro atoms. The zero-order valence-corrected chi connectivity index (χ0v) is 23.6. The van der Waals surface area contributed by atoms with Gasteiger partial charge < -0.3 is 0 Å². The van der Waals surface area contributed by atoms with Gasteiger partial charge in [-0.15, -0.1) is 0 Å². The van der Waals surface area contributed by atoms with E-state index in [0.717, 1.165) is 33.2 Å². The summed E-state index contributed by atoms with van der Waals surface area (Å²) in [4.78, 5) is 5.81. The van der Waals surface area contributed by atoms with Crippen molar-refractivity contribution in [3.8, 4) is 33.0 Å². The summed E-state index contributed by atoms with van der Waals surface area (Å²) in [6.45, 7) is 4.52. The number of fused-ring (bicyclic) bond motifs is 1. The topological polar surface area (TPSA) is 30.2 Å². The highest BCUT2D eigenvalue weighted by Gasteiger charge is 2.12. The Morgan fingerprint density at radius 1 is 0.579 bits per heavy atom. The van der Waals surface area contributed by atoms with Crippen LogP contribution in [0.3, 0.4) is 0 Å². The van der Waals surface area contributed by atoms with Gasteiger partial charge in [-0.2, -0.15) is 5.10 Å². The number of rotatable bonds is 13. The smallest absolute Gasteiger partial charge is 0.213 e. The van der Waals surface area contributed by atoms with Gasteiger partial charge in [0, 0.05) is 11.1 Å². The van der Waals surface area contributed by atoms with E-state index in [-0.39, 0.29) is 0 Å². The molecule has 38 heavy (non-hydrogen) atoms. The van der Waals surface area contributed by atoms with E-state index in [4.69, 9.17) is 10.1 Å². The summed E-state index contributed by atoms with van der Waals surface area (Å²) in [5.41, 5.74) is 8.59. The van der Waals surface area contributed by atoms with Crippen LogP contribution >= 0.6 is 11.3 Å². The molecule has 4 heteroatoms. The SMILES string of the molecule is CCCCCCCc1ccc(-c2nn3cc(-c4ccc(-c5ccc(CCCCC)cc5)cc4)nc3s2)cc1. The van der Waals surface area contributed by atoms with Crippen LogP contribution < -0.4 is 0 Å². The van der Waals surface area contributed by atoms with Crippen molar-refractivity contribution in [3.63, 3.8) is 0 Å². The summed E-state index contributed by atoms with van der Waals surface area (Å²) in [5.74, 6) is 0. The lowest BCUT2D eigenvalue weighted by Gasteiger charge is -2.05. The van der Waals surface area contributed by atoms with Crippen molar-refractivity contribution in [1.29, 1.82) is 0 Å². The van der Waals surface area contributed by atoms with Crippen LogP contribution in [0.1, 0.15) is 76.3 Å². The van der Waals surface area contributed by atoms with Gasteiger partial charge in [-0.25, -0.2) is 9.50 Å². The van der Waals surface area contributed by atoms with E-state index in [1.54, 1.807) is 11.3 Å². The molecule has 0 saturated heterocycles. The van der Waals surface area contributed by atoms with Crippen LogP contribution in [0.2, 0.25) is 0 Å². The molecular weight excluding hydrogens is 482 g/mol. The number of hydrogen-bond donors (Lipinski definition) is 0. The van der Waals surface area contributed by atoms with Gasteiger partial charge in [0.05, 0.1) is 11.9 Å². The van der Waals surface area contributed by atoms with Crippen LogP contribution in [0.25, 0.3) is 37.9 Å². The molecule has 0 bridgehead atoms. The lowest BCUT2D eigenvalue weighted by molar-refractivity contribution is 0.632. The zero-order chi connectivity index (χ0) is 26.2. The Balaban J connectivity index is 1.21. The molecule has 0 unspecified atom stereocenters. The lowest BCUT2D eigenvalue weighted by Crippen LogP contribution is -1.87. The van der Waals surface area contributed by atoms with Crippen molar-refractivity contribution in [1.82, 2.24) is 14.6 Å². The van der Waals surface area contributed by atoms with Crippen molar-refractivity contribution in [2.75, 3.05) is 0 Å². The first-order valence-corrected chi connectivity index (χ1v) is 15.2. The minimum Gasteiger partial charge on any atom is -0.217 e. The fourth-order valence-corrected chi connectivity index (χ4v) is 5.87. The fraction of sp³-hybridized carbons (Fsp3) is 0.353. The first-order chi connectivity index (χ1) is 18.7. The summed E-state index contributed by atoms with van der Waals surface area (Å²) >= 11 is 1.65. The minimum absolute atomic E-state index is 0.928. The third-order valence-electron chi connectivity index (χ3n) is 7.35. The van der Waals surface area contributed by atoms with E-state index < -0.39 is 0 Å². The van der Waals surface area contributed by atoms with Crippen molar-refractivity contribution in [3.05, 3.63) is 90.1 Å². The second-order valence-electron chi connectivity index (χ2n) is 10.4. The van der Waals surface area contributed by atoms with Gasteiger partial charge in [-0.05, 0) is 47.9 Å². The van der Waals surface area contributed by atoms with E-state index in [1.807, 2.05) is 10.7 Å². The lowest BCUT2D eigenvalue weighted by atomic mass is 10.00. The number of unbranched alkanes of at least 4 members (excludes halogenated alkanes) is 6. The number of aryl methyl sites for hydroxylation is 2. The Hall–Kier alpha value is -3.24. The number of hydrogen-bond acceptors (Lipinski definition) is 3. The van der Waals surface area contributed by atoms with Crippen molar-refractivity contribution in [2.24, 2.45) is 0 Å². The minimum atomic E-state index is 0.928. The van der Waals surface area contributed by atoms with Crippen molar-refractivity contribution < 1.29 is 0 Å². The van der Waals surface area contributed by atoms with E-state index in [0.29, 0.717) is 0 Å². The third kappa shape index (κ3) is 6.60. The van der Waals surface area contributed by atoms with Gasteiger partial charge in [0.25, 0.3) is 0 Å². The number of benzene rings is 3. The third-order valence-corrected chi connectivity index (χ3v) is 8.32. The second kappa shape index (κ2) is 13.0. The summed E-state index contributed by atoms with van der Waals surface area (Å²) < 4.78 is 1.92. The molecule has 0 amide bonds. The average molecular weight is 522 g/mol. The largest absolute Gasteiger partial charge is 0.217 e. The predicted octanol–water partition coefficient (Wildman–Crippen LogP) is 10.0. The molecule has 5 aromatic rings. The van der Waals surface area contributed by atoms with Gasteiger partial charge in [0.1, 0.15) is 5.01 Å². The molecule has 196 valence electrons. The number of nitrogens with zero attached hydrogens (tertiary/aromatic N) is 3. The van der Waals surface area contributed by atoms with Crippen molar-refractivity contribution >= 4 is 16.3 Å². The molecule has 3 nitrogen and oxygen atoms in total. The van der Waals surface area contributed by atoms with Crippen LogP contribution in [0.4, 0.5) is 0 Å². The first-order valence-electron chi connectivity index (χ1n) is 14.4. The molecule has 5 rings (SSSR count). The maximum absolute atomic E-state index is 4.88. The van der Waals surface area contributed by atoms with Gasteiger partial charge in [-0.3, -0.25) is 0 Å². The monoisotopic (exact) mass is 521 g/mol. The zero-order valence-electron chi connectivity index (χ0n) is 22.8. The number of imidazole rings is 1. The van der Waals surface area contributed by atoms with Crippen LogP contribution in [0, 0.1) is 0 Å². The Morgan fingerprint density at radius 3 is 1.68 bits per heavy atom. The first kappa shape index (κ1) is 26.4. The van der Waals surface area contributed by atoms with Crippen molar-refractivity contribution in [2.45, 2.75) is 78.1 Å². The highest BCUT2D eigenvalue weighted by molar-refractivity contribution is 7.19. The molecule has 0 atom stereocenters. The molecule has 3 aromatic carbocycles. The van der Waals surface area contributed by atoms with Gasteiger partial charge in [-0.1, -0.05) is 137 Å². The van der Waals surface area contributed by atoms with Crippen LogP contribution in [-0.4, -0.2) is 14.6 Å². The van der Waals surface area contributed by atoms with E-state index >= 15 is 0 Å². The standard InChI is InChI=1S/C34H39N3S/c1-3-5-7-8-10-12-27-15-19-31(20-16-27)33-36-37-25-32(35-34(37)38-33)30-23-21-29(22-24-30)28-17-13-26(14-18-28)11-9-6-4-2/h13-25H,3-12H2,1-2H3. The molecule has 0 saturated carbocycles. The molecule has 2 heterocycles. The molecule has 0 N–H and O–H groups in total. The summed E-state index contributed by atoms with van der Waals surface area (Å²) in [6.07, 6.45) is 14.8. The summed E-state index contributed by atoms with van der Waals surface area (Å²) in [7, 11) is 0. The molecule has 0 aliphatic carbocycles. The average Bonchev–Trinajstić information content (AvgIpc) is 3.54. The second-order valence-corrected chi connectivity index (χ2v) is 11.3. The van der Waals surface area contributed by atoms with Crippen LogP contribution in [0.5, 0.6) is 0 Å². The quantitative estimate of drug-likeness (QED) is 0.144.